The first kappa shape index (κ1) is 18.0. The maximum absolute atomic E-state index is 13.8. The van der Waals surface area contributed by atoms with Crippen molar-refractivity contribution in [3.05, 3.63) is 29.6 Å². The first-order valence-corrected chi connectivity index (χ1v) is 8.21. The molecule has 0 spiro atoms. The predicted octanol–water partition coefficient (Wildman–Crippen LogP) is 5.40. The van der Waals surface area contributed by atoms with Gasteiger partial charge in [0.1, 0.15) is 11.6 Å². The molecule has 0 bridgehead atoms. The second kappa shape index (κ2) is 10.6. The highest BCUT2D eigenvalue weighted by molar-refractivity contribution is 5.36. The molecule has 0 aliphatic rings. The van der Waals surface area contributed by atoms with Crippen molar-refractivity contribution in [3.63, 3.8) is 0 Å². The summed E-state index contributed by atoms with van der Waals surface area (Å²) in [6.45, 7) is 2.22. The number of halogens is 1. The molecule has 0 heterocycles. The van der Waals surface area contributed by atoms with Gasteiger partial charge in [-0.25, -0.2) is 4.39 Å². The zero-order valence-corrected chi connectivity index (χ0v) is 13.4. The van der Waals surface area contributed by atoms with Crippen molar-refractivity contribution in [2.45, 2.75) is 70.8 Å². The van der Waals surface area contributed by atoms with Gasteiger partial charge in [-0.3, -0.25) is 0 Å². The maximum Gasteiger partial charge on any atom is 0.132 e. The Balaban J connectivity index is 2.26. The summed E-state index contributed by atoms with van der Waals surface area (Å²) in [5, 5.41) is 10.2. The van der Waals surface area contributed by atoms with Gasteiger partial charge in [-0.05, 0) is 18.6 Å². The quantitative estimate of drug-likeness (QED) is 0.554. The standard InChI is InChI=1S/C18H29FO2/c1-3-4-5-6-7-8-9-10-13-16(20)18-15(19)12-11-14-17(18)21-2/h11-12,14,16,20H,3-10,13H2,1-2H3. The monoisotopic (exact) mass is 296 g/mol. The highest BCUT2D eigenvalue weighted by atomic mass is 19.1. The van der Waals surface area contributed by atoms with Gasteiger partial charge in [0.25, 0.3) is 0 Å². The number of hydrogen-bond donors (Lipinski definition) is 1. The lowest BCUT2D eigenvalue weighted by atomic mass is 10.0. The first-order valence-electron chi connectivity index (χ1n) is 8.21. The summed E-state index contributed by atoms with van der Waals surface area (Å²) < 4.78 is 18.9. The molecule has 0 radical (unpaired) electrons. The number of benzene rings is 1. The van der Waals surface area contributed by atoms with Crippen LogP contribution in [0.2, 0.25) is 0 Å². The van der Waals surface area contributed by atoms with Gasteiger partial charge in [-0.15, -0.1) is 0 Å². The van der Waals surface area contributed by atoms with E-state index in [9.17, 15) is 9.50 Å². The Labute approximate surface area is 128 Å². The first-order chi connectivity index (χ1) is 10.2. The van der Waals surface area contributed by atoms with Crippen LogP contribution >= 0.6 is 0 Å². The average molecular weight is 296 g/mol. The molecule has 0 aromatic heterocycles. The molecule has 1 rings (SSSR count). The highest BCUT2D eigenvalue weighted by Gasteiger charge is 2.17. The minimum absolute atomic E-state index is 0.294. The van der Waals surface area contributed by atoms with E-state index in [1.807, 2.05) is 0 Å². The van der Waals surface area contributed by atoms with Crippen LogP contribution in [0.15, 0.2) is 18.2 Å². The van der Waals surface area contributed by atoms with Crippen molar-refractivity contribution in [3.8, 4) is 5.75 Å². The van der Waals surface area contributed by atoms with Crippen LogP contribution in [-0.2, 0) is 0 Å². The third kappa shape index (κ3) is 6.47. The fourth-order valence-corrected chi connectivity index (χ4v) is 2.63. The van der Waals surface area contributed by atoms with Crippen molar-refractivity contribution >= 4 is 0 Å². The molecule has 1 aromatic rings. The number of unbranched alkanes of at least 4 members (excludes halogenated alkanes) is 7. The number of rotatable bonds is 11. The summed E-state index contributed by atoms with van der Waals surface area (Å²) in [5.74, 6) is 0.0449. The van der Waals surface area contributed by atoms with E-state index in [4.69, 9.17) is 4.74 Å². The minimum Gasteiger partial charge on any atom is -0.496 e. The maximum atomic E-state index is 13.8. The minimum atomic E-state index is -0.777. The van der Waals surface area contributed by atoms with E-state index in [0.717, 1.165) is 12.8 Å². The van der Waals surface area contributed by atoms with Crippen LogP contribution in [0.5, 0.6) is 5.75 Å². The normalized spacial score (nSPS) is 12.4. The lowest BCUT2D eigenvalue weighted by Crippen LogP contribution is -2.04. The fourth-order valence-electron chi connectivity index (χ4n) is 2.63. The molecular weight excluding hydrogens is 267 g/mol. The second-order valence-electron chi connectivity index (χ2n) is 5.64. The zero-order valence-electron chi connectivity index (χ0n) is 13.4. The summed E-state index contributed by atoms with van der Waals surface area (Å²) in [7, 11) is 1.50. The molecule has 2 nitrogen and oxygen atoms in total. The van der Waals surface area contributed by atoms with Crippen LogP contribution in [-0.4, -0.2) is 12.2 Å². The Hall–Kier alpha value is -1.09. The van der Waals surface area contributed by atoms with Crippen LogP contribution in [0.4, 0.5) is 4.39 Å². The SMILES string of the molecule is CCCCCCCCCCC(O)c1c(F)cccc1OC. The molecule has 1 N–H and O–H groups in total. The lowest BCUT2D eigenvalue weighted by molar-refractivity contribution is 0.154. The number of aliphatic hydroxyl groups is 1. The number of ether oxygens (including phenoxy) is 1. The summed E-state index contributed by atoms with van der Waals surface area (Å²) in [6.07, 6.45) is 9.52. The van der Waals surface area contributed by atoms with E-state index >= 15 is 0 Å². The van der Waals surface area contributed by atoms with Crippen LogP contribution in [0.25, 0.3) is 0 Å². The topological polar surface area (TPSA) is 29.5 Å². The summed E-state index contributed by atoms with van der Waals surface area (Å²) in [5.41, 5.74) is 0.294. The Kier molecular flexibility index (Phi) is 9.07. The van der Waals surface area contributed by atoms with Gasteiger partial charge < -0.3 is 9.84 Å². The fraction of sp³-hybridized carbons (Fsp3) is 0.667. The smallest absolute Gasteiger partial charge is 0.132 e. The molecule has 1 aromatic carbocycles. The number of hydrogen-bond acceptors (Lipinski definition) is 2. The molecule has 1 unspecified atom stereocenters. The molecule has 0 aliphatic carbocycles. The van der Waals surface area contributed by atoms with Crippen molar-refractivity contribution in [1.82, 2.24) is 0 Å². The van der Waals surface area contributed by atoms with Gasteiger partial charge in [0.15, 0.2) is 0 Å². The summed E-state index contributed by atoms with van der Waals surface area (Å²) in [6, 6.07) is 4.66. The molecule has 21 heavy (non-hydrogen) atoms. The van der Waals surface area contributed by atoms with Crippen molar-refractivity contribution < 1.29 is 14.2 Å². The zero-order chi connectivity index (χ0) is 15.5. The summed E-state index contributed by atoms with van der Waals surface area (Å²) >= 11 is 0. The highest BCUT2D eigenvalue weighted by Crippen LogP contribution is 2.30. The van der Waals surface area contributed by atoms with Gasteiger partial charge >= 0.3 is 0 Å². The number of aliphatic hydroxyl groups excluding tert-OH is 1. The molecule has 0 fully saturated rings. The molecule has 0 saturated heterocycles. The van der Waals surface area contributed by atoms with Crippen LogP contribution in [0.3, 0.4) is 0 Å². The van der Waals surface area contributed by atoms with Crippen LogP contribution in [0, 0.1) is 5.82 Å². The second-order valence-corrected chi connectivity index (χ2v) is 5.64. The van der Waals surface area contributed by atoms with E-state index in [2.05, 4.69) is 6.92 Å². The number of methoxy groups -OCH3 is 1. The Bertz CT molecular complexity index is 393. The molecule has 120 valence electrons. The van der Waals surface area contributed by atoms with Gasteiger partial charge in [-0.1, -0.05) is 64.4 Å². The molecular formula is C18H29FO2. The predicted molar refractivity (Wildman–Crippen MR) is 85.1 cm³/mol. The Morgan fingerprint density at radius 3 is 2.29 bits per heavy atom. The molecule has 3 heteroatoms. The molecule has 0 aliphatic heterocycles. The van der Waals surface area contributed by atoms with E-state index < -0.39 is 6.10 Å². The average Bonchev–Trinajstić information content (AvgIpc) is 2.49. The van der Waals surface area contributed by atoms with E-state index in [-0.39, 0.29) is 5.82 Å². The van der Waals surface area contributed by atoms with Gasteiger partial charge in [0.05, 0.1) is 18.8 Å². The Morgan fingerprint density at radius 2 is 1.67 bits per heavy atom. The molecule has 0 amide bonds. The van der Waals surface area contributed by atoms with Gasteiger partial charge in [0, 0.05) is 0 Å². The van der Waals surface area contributed by atoms with E-state index in [0.29, 0.717) is 17.7 Å². The van der Waals surface area contributed by atoms with Gasteiger partial charge in [0.2, 0.25) is 0 Å². The van der Waals surface area contributed by atoms with Gasteiger partial charge in [-0.2, -0.15) is 0 Å². The summed E-state index contributed by atoms with van der Waals surface area (Å²) in [4.78, 5) is 0. The largest absolute Gasteiger partial charge is 0.496 e. The van der Waals surface area contributed by atoms with Crippen molar-refractivity contribution in [1.29, 1.82) is 0 Å². The van der Waals surface area contributed by atoms with E-state index in [1.165, 1.54) is 51.7 Å². The van der Waals surface area contributed by atoms with Crippen molar-refractivity contribution in [2.24, 2.45) is 0 Å². The molecule has 0 saturated carbocycles. The third-order valence-electron chi connectivity index (χ3n) is 3.90. The molecule has 1 atom stereocenters. The van der Waals surface area contributed by atoms with Crippen LogP contribution in [0.1, 0.15) is 76.4 Å². The van der Waals surface area contributed by atoms with Crippen molar-refractivity contribution in [2.75, 3.05) is 7.11 Å². The third-order valence-corrected chi connectivity index (χ3v) is 3.90. The van der Waals surface area contributed by atoms with E-state index in [1.54, 1.807) is 12.1 Å². The Morgan fingerprint density at radius 1 is 1.05 bits per heavy atom. The van der Waals surface area contributed by atoms with Crippen LogP contribution < -0.4 is 4.74 Å². The lowest BCUT2D eigenvalue weighted by Gasteiger charge is -2.15.